The maximum absolute atomic E-state index is 10.5. The second-order valence-electron chi connectivity index (χ2n) is 5.13. The monoisotopic (exact) mass is 258 g/mol. The summed E-state index contributed by atoms with van der Waals surface area (Å²) in [4.78, 5) is 10.9. The van der Waals surface area contributed by atoms with Gasteiger partial charge in [-0.1, -0.05) is 0 Å². The van der Waals surface area contributed by atoms with E-state index in [0.717, 1.165) is 29.7 Å². The maximum atomic E-state index is 10.5. The Hall–Kier alpha value is -1.72. The Bertz CT molecular complexity index is 583. The first-order chi connectivity index (χ1) is 9.22. The maximum Gasteiger partial charge on any atom is 0.112 e. The lowest BCUT2D eigenvalue weighted by Gasteiger charge is -2.24. The summed E-state index contributed by atoms with van der Waals surface area (Å²) in [5.74, 6) is 0. The second-order valence-corrected chi connectivity index (χ2v) is 5.13. The number of rotatable bonds is 3. The summed E-state index contributed by atoms with van der Waals surface area (Å²) in [6.45, 7) is 2.08. The minimum Gasteiger partial charge on any atom is -0.387 e. The van der Waals surface area contributed by atoms with Crippen molar-refractivity contribution in [3.8, 4) is 0 Å². The van der Waals surface area contributed by atoms with E-state index >= 15 is 0 Å². The highest BCUT2D eigenvalue weighted by atomic mass is 16.3. The Balaban J connectivity index is 1.94. The number of aromatic nitrogens is 2. The van der Waals surface area contributed by atoms with Gasteiger partial charge in [0.15, 0.2) is 0 Å². The topological polar surface area (TPSA) is 61.3 Å². The molecule has 0 aromatic carbocycles. The van der Waals surface area contributed by atoms with Crippen LogP contribution in [0.3, 0.4) is 0 Å². The largest absolute Gasteiger partial charge is 0.387 e. The van der Waals surface area contributed by atoms with E-state index in [1.807, 2.05) is 25.2 Å². The van der Waals surface area contributed by atoms with E-state index in [1.165, 1.54) is 0 Å². The molecule has 0 bridgehead atoms. The summed E-state index contributed by atoms with van der Waals surface area (Å²) in [5.41, 5.74) is 2.19. The average Bonchev–Trinajstić information content (AvgIpc) is 2.81. The summed E-state index contributed by atoms with van der Waals surface area (Å²) >= 11 is 0. The number of pyridine rings is 2. The quantitative estimate of drug-likeness (QED) is 0.852. The highest BCUT2D eigenvalue weighted by molar-refractivity contribution is 5.87. The molecule has 1 fully saturated rings. The van der Waals surface area contributed by atoms with Gasteiger partial charge in [0, 0.05) is 32.0 Å². The number of nitrogens with one attached hydrogen (secondary N) is 1. The molecule has 5 nitrogen and oxygen atoms in total. The van der Waals surface area contributed by atoms with E-state index < -0.39 is 5.60 Å². The Morgan fingerprint density at radius 2 is 2.26 bits per heavy atom. The Morgan fingerprint density at radius 3 is 3.11 bits per heavy atom. The van der Waals surface area contributed by atoms with Crippen molar-refractivity contribution in [1.29, 1.82) is 0 Å². The average molecular weight is 258 g/mol. The molecule has 19 heavy (non-hydrogen) atoms. The van der Waals surface area contributed by atoms with E-state index in [4.69, 9.17) is 0 Å². The molecule has 1 aliphatic rings. The van der Waals surface area contributed by atoms with E-state index in [2.05, 4.69) is 20.2 Å². The molecule has 3 heterocycles. The molecular weight excluding hydrogens is 240 g/mol. The number of likely N-dealkylation sites (N-methyl/N-ethyl adjacent to an activating group) is 1. The molecule has 1 atom stereocenters. The van der Waals surface area contributed by atoms with E-state index in [0.29, 0.717) is 13.1 Å². The minimum atomic E-state index is -0.654. The van der Waals surface area contributed by atoms with Crippen molar-refractivity contribution < 1.29 is 5.11 Å². The summed E-state index contributed by atoms with van der Waals surface area (Å²) in [5, 5.41) is 13.5. The van der Waals surface area contributed by atoms with Gasteiger partial charge in [-0.3, -0.25) is 9.97 Å². The number of hydrogen-bond donors (Lipinski definition) is 2. The van der Waals surface area contributed by atoms with Crippen molar-refractivity contribution in [2.75, 3.05) is 31.6 Å². The fourth-order valence-electron chi connectivity index (χ4n) is 2.76. The van der Waals surface area contributed by atoms with Crippen molar-refractivity contribution in [2.24, 2.45) is 0 Å². The predicted molar refractivity (Wildman–Crippen MR) is 75.2 cm³/mol. The van der Waals surface area contributed by atoms with Crippen molar-refractivity contribution in [2.45, 2.75) is 12.0 Å². The molecule has 0 saturated carbocycles. The van der Waals surface area contributed by atoms with Crippen LogP contribution < -0.4 is 10.2 Å². The van der Waals surface area contributed by atoms with Gasteiger partial charge >= 0.3 is 0 Å². The fraction of sp³-hybridized carbons (Fsp3) is 0.429. The number of aliphatic hydroxyl groups is 1. The summed E-state index contributed by atoms with van der Waals surface area (Å²) in [7, 11) is 1.87. The van der Waals surface area contributed by atoms with Crippen LogP contribution in [-0.2, 0) is 0 Å². The lowest BCUT2D eigenvalue weighted by atomic mass is 10.0. The molecule has 2 aromatic heterocycles. The summed E-state index contributed by atoms with van der Waals surface area (Å²) < 4.78 is 0. The third-order valence-corrected chi connectivity index (χ3v) is 3.65. The van der Waals surface area contributed by atoms with Crippen LogP contribution in [0, 0.1) is 0 Å². The molecule has 100 valence electrons. The molecule has 2 N–H and O–H groups in total. The molecular formula is C14H18N4O. The van der Waals surface area contributed by atoms with Gasteiger partial charge in [-0.25, -0.2) is 0 Å². The zero-order chi connectivity index (χ0) is 13.3. The molecule has 0 spiro atoms. The molecule has 5 heteroatoms. The van der Waals surface area contributed by atoms with Crippen LogP contribution in [-0.4, -0.2) is 47.4 Å². The van der Waals surface area contributed by atoms with Crippen molar-refractivity contribution in [3.05, 3.63) is 30.6 Å². The second kappa shape index (κ2) is 4.75. The SMILES string of the molecule is CNC[C@]1(O)CCN(c2ccnc3cccnc23)C1. The van der Waals surface area contributed by atoms with Gasteiger partial charge in [-0.05, 0) is 31.7 Å². The van der Waals surface area contributed by atoms with Gasteiger partial charge in [0.05, 0.1) is 16.8 Å². The molecule has 3 rings (SSSR count). The zero-order valence-corrected chi connectivity index (χ0v) is 11.0. The van der Waals surface area contributed by atoms with Crippen LogP contribution in [0.1, 0.15) is 6.42 Å². The minimum absolute atomic E-state index is 0.611. The molecule has 0 aliphatic carbocycles. The Morgan fingerprint density at radius 1 is 1.37 bits per heavy atom. The number of β-amino-alcohol motifs (C(OH)–C–C–N with tert-alkyl or cyclic N) is 1. The number of nitrogens with zero attached hydrogens (tertiary/aromatic N) is 3. The third-order valence-electron chi connectivity index (χ3n) is 3.65. The van der Waals surface area contributed by atoms with Crippen molar-refractivity contribution in [1.82, 2.24) is 15.3 Å². The van der Waals surface area contributed by atoms with Crippen molar-refractivity contribution >= 4 is 16.7 Å². The van der Waals surface area contributed by atoms with Crippen LogP contribution in [0.4, 0.5) is 5.69 Å². The molecule has 2 aromatic rings. The van der Waals surface area contributed by atoms with Crippen molar-refractivity contribution in [3.63, 3.8) is 0 Å². The van der Waals surface area contributed by atoms with Crippen LogP contribution in [0.15, 0.2) is 30.6 Å². The lowest BCUT2D eigenvalue weighted by Crippen LogP contribution is -2.41. The highest BCUT2D eigenvalue weighted by Crippen LogP contribution is 2.30. The van der Waals surface area contributed by atoms with Gasteiger partial charge in [-0.15, -0.1) is 0 Å². The normalized spacial score (nSPS) is 23.2. The standard InChI is InChI=1S/C14H18N4O/c1-15-9-14(19)5-8-18(10-14)12-4-7-16-11-3-2-6-17-13(11)12/h2-4,6-7,15,19H,5,8-10H2,1H3/t14-/m1/s1. The van der Waals surface area contributed by atoms with Gasteiger partial charge in [0.1, 0.15) is 5.52 Å². The first-order valence-electron chi connectivity index (χ1n) is 6.53. The molecule has 0 unspecified atom stereocenters. The van der Waals surface area contributed by atoms with E-state index in [-0.39, 0.29) is 0 Å². The Kier molecular flexibility index (Phi) is 3.08. The third kappa shape index (κ3) is 2.27. The first kappa shape index (κ1) is 12.3. The highest BCUT2D eigenvalue weighted by Gasteiger charge is 2.36. The number of fused-ring (bicyclic) bond motifs is 1. The summed E-state index contributed by atoms with van der Waals surface area (Å²) in [6, 6.07) is 5.82. The van der Waals surface area contributed by atoms with Crippen LogP contribution in [0.5, 0.6) is 0 Å². The number of anilines is 1. The smallest absolute Gasteiger partial charge is 0.112 e. The van der Waals surface area contributed by atoms with Gasteiger partial charge in [0.2, 0.25) is 0 Å². The van der Waals surface area contributed by atoms with Gasteiger partial charge < -0.3 is 15.3 Å². The van der Waals surface area contributed by atoms with Gasteiger partial charge in [0.25, 0.3) is 0 Å². The molecule has 0 radical (unpaired) electrons. The fourth-order valence-corrected chi connectivity index (χ4v) is 2.76. The van der Waals surface area contributed by atoms with Crippen LogP contribution in [0.2, 0.25) is 0 Å². The van der Waals surface area contributed by atoms with Gasteiger partial charge in [-0.2, -0.15) is 0 Å². The Labute approximate surface area is 112 Å². The number of hydrogen-bond acceptors (Lipinski definition) is 5. The molecule has 1 saturated heterocycles. The predicted octanol–water partition coefficient (Wildman–Crippen LogP) is 0.790. The molecule has 0 amide bonds. The van der Waals surface area contributed by atoms with Crippen LogP contribution in [0.25, 0.3) is 11.0 Å². The first-order valence-corrected chi connectivity index (χ1v) is 6.53. The van der Waals surface area contributed by atoms with E-state index in [9.17, 15) is 5.11 Å². The lowest BCUT2D eigenvalue weighted by molar-refractivity contribution is 0.0651. The summed E-state index contributed by atoms with van der Waals surface area (Å²) in [6.07, 6.45) is 4.35. The van der Waals surface area contributed by atoms with Crippen LogP contribution >= 0.6 is 0 Å². The molecule has 1 aliphatic heterocycles. The zero-order valence-electron chi connectivity index (χ0n) is 11.0. The van der Waals surface area contributed by atoms with E-state index in [1.54, 1.807) is 12.4 Å².